The highest BCUT2D eigenvalue weighted by Crippen LogP contribution is 2.28. The molecule has 1 aromatic carbocycles. The summed E-state index contributed by atoms with van der Waals surface area (Å²) >= 11 is 1.44. The number of amides is 1. The molecule has 1 aliphatic heterocycles. The number of fused-ring (bicyclic) bond motifs is 1. The van der Waals surface area contributed by atoms with Crippen molar-refractivity contribution in [2.24, 2.45) is 0 Å². The molecule has 0 atom stereocenters. The van der Waals surface area contributed by atoms with Crippen LogP contribution in [0.4, 0.5) is 5.69 Å². The van der Waals surface area contributed by atoms with Crippen molar-refractivity contribution >= 4 is 23.4 Å². The summed E-state index contributed by atoms with van der Waals surface area (Å²) in [6.07, 6.45) is 2.46. The van der Waals surface area contributed by atoms with Gasteiger partial charge in [0.25, 0.3) is 0 Å². The highest BCUT2D eigenvalue weighted by molar-refractivity contribution is 7.98. The molecule has 0 aliphatic carbocycles. The minimum absolute atomic E-state index is 0.0236. The van der Waals surface area contributed by atoms with E-state index in [1.54, 1.807) is 10.8 Å². The van der Waals surface area contributed by atoms with Crippen molar-refractivity contribution in [2.45, 2.75) is 37.7 Å². The lowest BCUT2D eigenvalue weighted by molar-refractivity contribution is -0.119. The molecule has 0 radical (unpaired) electrons. The van der Waals surface area contributed by atoms with Crippen LogP contribution in [0.5, 0.6) is 5.75 Å². The second-order valence-electron chi connectivity index (χ2n) is 7.47. The van der Waals surface area contributed by atoms with Gasteiger partial charge in [0.05, 0.1) is 13.3 Å². The highest BCUT2D eigenvalue weighted by Gasteiger charge is 2.24. The number of benzene rings is 1. The molecule has 2 aromatic heterocycles. The van der Waals surface area contributed by atoms with Gasteiger partial charge >= 0.3 is 0 Å². The standard InChI is InChI=1S/C23H24N4O3S/c1-15-10-16(2)25-23(24-15)31-14-18-11-20(28)21(30-3)12-26(18)13-22(29)27-9-8-17-6-4-5-7-19(17)27/h4-7,10-12H,8-9,13-14H2,1-3H3. The maximum absolute atomic E-state index is 13.1. The van der Waals surface area contributed by atoms with Crippen molar-refractivity contribution in [2.75, 3.05) is 18.6 Å². The van der Waals surface area contributed by atoms with Gasteiger partial charge in [-0.05, 0) is 38.0 Å². The molecule has 4 rings (SSSR count). The van der Waals surface area contributed by atoms with Crippen molar-refractivity contribution in [3.8, 4) is 5.75 Å². The fraction of sp³-hybridized carbons (Fsp3) is 0.304. The lowest BCUT2D eigenvalue weighted by Gasteiger charge is -2.20. The van der Waals surface area contributed by atoms with Gasteiger partial charge in [-0.25, -0.2) is 9.97 Å². The SMILES string of the molecule is COc1cn(CC(=O)N2CCc3ccccc32)c(CSc2nc(C)cc(C)n2)cc1=O. The fourth-order valence-electron chi connectivity index (χ4n) is 3.74. The molecule has 0 spiro atoms. The molecule has 3 heterocycles. The largest absolute Gasteiger partial charge is 0.491 e. The smallest absolute Gasteiger partial charge is 0.246 e. The molecule has 3 aromatic rings. The summed E-state index contributed by atoms with van der Waals surface area (Å²) in [6, 6.07) is 11.4. The molecule has 0 saturated carbocycles. The Hall–Kier alpha value is -3.13. The van der Waals surface area contributed by atoms with Crippen molar-refractivity contribution in [3.05, 3.63) is 75.5 Å². The Bertz CT molecular complexity index is 1170. The van der Waals surface area contributed by atoms with Crippen LogP contribution in [0, 0.1) is 13.8 Å². The number of methoxy groups -OCH3 is 1. The average Bonchev–Trinajstić information content (AvgIpc) is 3.17. The summed E-state index contributed by atoms with van der Waals surface area (Å²) in [5, 5.41) is 0.645. The van der Waals surface area contributed by atoms with Crippen LogP contribution in [-0.4, -0.2) is 34.1 Å². The Morgan fingerprint density at radius 2 is 1.90 bits per heavy atom. The summed E-state index contributed by atoms with van der Waals surface area (Å²) < 4.78 is 7.00. The quantitative estimate of drug-likeness (QED) is 0.436. The first-order chi connectivity index (χ1) is 14.9. The number of hydrogen-bond donors (Lipinski definition) is 0. The number of pyridine rings is 1. The number of aromatic nitrogens is 3. The minimum atomic E-state index is -0.213. The van der Waals surface area contributed by atoms with Crippen LogP contribution in [-0.2, 0) is 23.5 Å². The number of nitrogens with zero attached hydrogens (tertiary/aromatic N) is 4. The van der Waals surface area contributed by atoms with Crippen LogP contribution in [0.3, 0.4) is 0 Å². The predicted octanol–water partition coefficient (Wildman–Crippen LogP) is 3.15. The Morgan fingerprint density at radius 1 is 1.16 bits per heavy atom. The summed E-state index contributed by atoms with van der Waals surface area (Å²) in [5.74, 6) is 0.655. The Balaban J connectivity index is 1.59. The van der Waals surface area contributed by atoms with Crippen LogP contribution in [0.1, 0.15) is 22.6 Å². The van der Waals surface area contributed by atoms with Gasteiger partial charge in [0.15, 0.2) is 10.9 Å². The average molecular weight is 437 g/mol. The van der Waals surface area contributed by atoms with E-state index in [1.165, 1.54) is 30.5 Å². The number of thioether (sulfide) groups is 1. The number of para-hydroxylation sites is 1. The number of aryl methyl sites for hydroxylation is 2. The monoisotopic (exact) mass is 436 g/mol. The van der Waals surface area contributed by atoms with E-state index in [-0.39, 0.29) is 23.6 Å². The molecule has 31 heavy (non-hydrogen) atoms. The molecule has 0 fully saturated rings. The van der Waals surface area contributed by atoms with Gasteiger partial charge in [0.2, 0.25) is 11.3 Å². The number of anilines is 1. The van der Waals surface area contributed by atoms with Gasteiger partial charge in [-0.1, -0.05) is 30.0 Å². The molecule has 0 saturated heterocycles. The number of carbonyl (C=O) groups is 1. The number of carbonyl (C=O) groups excluding carboxylic acids is 1. The number of rotatable bonds is 6. The molecular formula is C23H24N4O3S. The zero-order valence-corrected chi connectivity index (χ0v) is 18.6. The van der Waals surface area contributed by atoms with Crippen LogP contribution < -0.4 is 15.1 Å². The predicted molar refractivity (Wildman–Crippen MR) is 121 cm³/mol. The fourth-order valence-corrected chi connectivity index (χ4v) is 4.69. The van der Waals surface area contributed by atoms with Crippen molar-refractivity contribution in [1.82, 2.24) is 14.5 Å². The molecule has 0 N–H and O–H groups in total. The minimum Gasteiger partial charge on any atom is -0.491 e. The molecule has 1 aliphatic rings. The van der Waals surface area contributed by atoms with Crippen LogP contribution in [0.15, 0.2) is 52.5 Å². The van der Waals surface area contributed by atoms with E-state index in [0.29, 0.717) is 17.5 Å². The van der Waals surface area contributed by atoms with Crippen molar-refractivity contribution < 1.29 is 9.53 Å². The Labute approximate surface area is 185 Å². The van der Waals surface area contributed by atoms with Gasteiger partial charge in [-0.15, -0.1) is 0 Å². The summed E-state index contributed by atoms with van der Waals surface area (Å²) in [6.45, 7) is 4.63. The van der Waals surface area contributed by atoms with E-state index in [4.69, 9.17) is 4.74 Å². The third kappa shape index (κ3) is 4.64. The van der Waals surface area contributed by atoms with E-state index in [9.17, 15) is 9.59 Å². The summed E-state index contributed by atoms with van der Waals surface area (Å²) in [7, 11) is 1.46. The van der Waals surface area contributed by atoms with E-state index in [2.05, 4.69) is 16.0 Å². The van der Waals surface area contributed by atoms with Crippen LogP contribution >= 0.6 is 11.8 Å². The summed E-state index contributed by atoms with van der Waals surface area (Å²) in [4.78, 5) is 36.2. The maximum Gasteiger partial charge on any atom is 0.246 e. The lowest BCUT2D eigenvalue weighted by atomic mass is 10.2. The van der Waals surface area contributed by atoms with Gasteiger partial charge < -0.3 is 14.2 Å². The van der Waals surface area contributed by atoms with Gasteiger partial charge in [0, 0.05) is 41.1 Å². The summed E-state index contributed by atoms with van der Waals surface area (Å²) in [5.41, 5.74) is 4.43. The molecule has 0 bridgehead atoms. The molecular weight excluding hydrogens is 412 g/mol. The number of hydrogen-bond acceptors (Lipinski definition) is 6. The first-order valence-corrected chi connectivity index (χ1v) is 11.0. The van der Waals surface area contributed by atoms with Gasteiger partial charge in [-0.2, -0.15) is 0 Å². The van der Waals surface area contributed by atoms with Crippen molar-refractivity contribution in [1.29, 1.82) is 0 Å². The Morgan fingerprint density at radius 3 is 2.65 bits per heavy atom. The first kappa shape index (κ1) is 21.1. The first-order valence-electron chi connectivity index (χ1n) is 10.1. The van der Waals surface area contributed by atoms with Crippen LogP contribution in [0.25, 0.3) is 0 Å². The molecule has 160 valence electrons. The molecule has 1 amide bonds. The third-order valence-corrected chi connectivity index (χ3v) is 6.09. The van der Waals surface area contributed by atoms with E-state index < -0.39 is 0 Å². The zero-order valence-electron chi connectivity index (χ0n) is 17.8. The maximum atomic E-state index is 13.1. The highest BCUT2D eigenvalue weighted by atomic mass is 32.2. The second kappa shape index (κ2) is 8.93. The van der Waals surface area contributed by atoms with Crippen molar-refractivity contribution in [3.63, 3.8) is 0 Å². The molecule has 7 nitrogen and oxygen atoms in total. The normalized spacial score (nSPS) is 12.7. The number of ether oxygens (including phenoxy) is 1. The van der Waals surface area contributed by atoms with Gasteiger partial charge in [0.1, 0.15) is 6.54 Å². The molecule has 8 heteroatoms. The van der Waals surface area contributed by atoms with E-state index in [1.807, 2.05) is 43.0 Å². The van der Waals surface area contributed by atoms with Gasteiger partial charge in [-0.3, -0.25) is 9.59 Å². The second-order valence-corrected chi connectivity index (χ2v) is 8.41. The van der Waals surface area contributed by atoms with E-state index in [0.717, 1.165) is 29.2 Å². The lowest BCUT2D eigenvalue weighted by Crippen LogP contribution is -2.33. The third-order valence-electron chi connectivity index (χ3n) is 5.21. The Kier molecular flexibility index (Phi) is 6.08. The van der Waals surface area contributed by atoms with Crippen LogP contribution in [0.2, 0.25) is 0 Å². The topological polar surface area (TPSA) is 77.3 Å². The zero-order chi connectivity index (χ0) is 22.0. The molecule has 0 unspecified atom stereocenters. The van der Waals surface area contributed by atoms with E-state index >= 15 is 0 Å².